The largest absolute Gasteiger partial charge is 0.206 e. The average Bonchev–Trinajstić information content (AvgIpc) is 2.30. The third-order valence-corrected chi connectivity index (χ3v) is 4.04. The van der Waals surface area contributed by atoms with Crippen LogP contribution in [0.1, 0.15) is 16.5 Å². The van der Waals surface area contributed by atoms with E-state index >= 15 is 0 Å². The molecule has 0 aliphatic carbocycles. The standard InChI is InChI=1S/C14H9Br2ClF2/c15-9-3-1-8(2-4-9)5-11(17)14-12(18)6-10(16)7-13(14)19/h1-4,6-7,11H,5H2. The Labute approximate surface area is 132 Å². The van der Waals surface area contributed by atoms with Gasteiger partial charge in [0.1, 0.15) is 11.6 Å². The zero-order chi connectivity index (χ0) is 14.0. The summed E-state index contributed by atoms with van der Waals surface area (Å²) in [5.41, 5.74) is 0.831. The Balaban J connectivity index is 2.25. The summed E-state index contributed by atoms with van der Waals surface area (Å²) in [5, 5.41) is -0.741. The van der Waals surface area contributed by atoms with E-state index in [1.54, 1.807) is 0 Å². The van der Waals surface area contributed by atoms with Crippen molar-refractivity contribution in [3.8, 4) is 0 Å². The van der Waals surface area contributed by atoms with Crippen molar-refractivity contribution >= 4 is 43.5 Å². The lowest BCUT2D eigenvalue weighted by molar-refractivity contribution is 0.549. The highest BCUT2D eigenvalue weighted by Crippen LogP contribution is 2.31. The van der Waals surface area contributed by atoms with Gasteiger partial charge < -0.3 is 0 Å². The molecule has 100 valence electrons. The second-order valence-electron chi connectivity index (χ2n) is 4.08. The second kappa shape index (κ2) is 6.33. The maximum Gasteiger partial charge on any atom is 0.131 e. The van der Waals surface area contributed by atoms with Crippen molar-refractivity contribution in [1.82, 2.24) is 0 Å². The summed E-state index contributed by atoms with van der Waals surface area (Å²) >= 11 is 12.5. The molecule has 0 saturated carbocycles. The summed E-state index contributed by atoms with van der Waals surface area (Å²) < 4.78 is 28.8. The Hall–Kier alpha value is -0.450. The minimum atomic E-state index is -0.741. The van der Waals surface area contributed by atoms with Crippen LogP contribution in [0.5, 0.6) is 0 Å². The summed E-state index contributed by atoms with van der Waals surface area (Å²) in [7, 11) is 0. The van der Waals surface area contributed by atoms with Crippen molar-refractivity contribution in [2.24, 2.45) is 0 Å². The van der Waals surface area contributed by atoms with Crippen LogP contribution >= 0.6 is 43.5 Å². The van der Waals surface area contributed by atoms with Crippen molar-refractivity contribution in [3.05, 3.63) is 68.1 Å². The number of hydrogen-bond donors (Lipinski definition) is 0. The lowest BCUT2D eigenvalue weighted by Crippen LogP contribution is -2.03. The Morgan fingerprint density at radius 1 is 0.947 bits per heavy atom. The topological polar surface area (TPSA) is 0 Å². The molecular weight excluding hydrogens is 401 g/mol. The first-order chi connectivity index (χ1) is 8.97. The summed E-state index contributed by atoms with van der Waals surface area (Å²) in [6, 6.07) is 9.91. The molecule has 1 unspecified atom stereocenters. The Morgan fingerprint density at radius 2 is 1.47 bits per heavy atom. The van der Waals surface area contributed by atoms with Crippen LogP contribution in [-0.4, -0.2) is 0 Å². The van der Waals surface area contributed by atoms with Crippen LogP contribution < -0.4 is 0 Å². The summed E-state index contributed by atoms with van der Waals surface area (Å²) in [6.45, 7) is 0. The van der Waals surface area contributed by atoms with E-state index in [1.165, 1.54) is 12.1 Å². The normalized spacial score (nSPS) is 12.5. The summed E-state index contributed by atoms with van der Waals surface area (Å²) in [6.07, 6.45) is 0.365. The maximum absolute atomic E-state index is 13.8. The minimum absolute atomic E-state index is 0.0900. The van der Waals surface area contributed by atoms with E-state index in [0.717, 1.165) is 10.0 Å². The lowest BCUT2D eigenvalue weighted by Gasteiger charge is -2.12. The molecule has 0 heterocycles. The van der Waals surface area contributed by atoms with Gasteiger partial charge in [-0.05, 0) is 36.2 Å². The molecule has 0 N–H and O–H groups in total. The molecule has 0 bridgehead atoms. The van der Waals surface area contributed by atoms with Crippen molar-refractivity contribution in [3.63, 3.8) is 0 Å². The Morgan fingerprint density at radius 3 is 2.00 bits per heavy atom. The SMILES string of the molecule is Fc1cc(Br)cc(F)c1C(Cl)Cc1ccc(Br)cc1. The number of halogens is 5. The van der Waals surface area contributed by atoms with Gasteiger partial charge in [0.2, 0.25) is 0 Å². The highest BCUT2D eigenvalue weighted by Gasteiger charge is 2.19. The number of alkyl halides is 1. The van der Waals surface area contributed by atoms with Crippen LogP contribution in [0.4, 0.5) is 8.78 Å². The minimum Gasteiger partial charge on any atom is -0.206 e. The molecule has 1 atom stereocenters. The van der Waals surface area contributed by atoms with Gasteiger partial charge in [-0.25, -0.2) is 8.78 Å². The van der Waals surface area contributed by atoms with Crippen molar-refractivity contribution < 1.29 is 8.78 Å². The Bertz CT molecular complexity index is 561. The number of hydrogen-bond acceptors (Lipinski definition) is 0. The molecule has 0 spiro atoms. The van der Waals surface area contributed by atoms with Gasteiger partial charge in [0, 0.05) is 14.5 Å². The highest BCUT2D eigenvalue weighted by molar-refractivity contribution is 9.10. The summed E-state index contributed by atoms with van der Waals surface area (Å²) in [4.78, 5) is 0. The zero-order valence-corrected chi connectivity index (χ0v) is 13.6. The van der Waals surface area contributed by atoms with Crippen LogP contribution in [0, 0.1) is 11.6 Å². The fraction of sp³-hybridized carbons (Fsp3) is 0.143. The van der Waals surface area contributed by atoms with E-state index in [9.17, 15) is 8.78 Å². The van der Waals surface area contributed by atoms with Crippen molar-refractivity contribution in [2.45, 2.75) is 11.8 Å². The van der Waals surface area contributed by atoms with E-state index in [1.807, 2.05) is 24.3 Å². The number of benzene rings is 2. The molecular formula is C14H9Br2ClF2. The molecule has 0 aromatic heterocycles. The quantitative estimate of drug-likeness (QED) is 0.544. The summed E-state index contributed by atoms with van der Waals surface area (Å²) in [5.74, 6) is -1.27. The first kappa shape index (κ1) is 14.9. The van der Waals surface area contributed by atoms with E-state index < -0.39 is 17.0 Å². The van der Waals surface area contributed by atoms with Crippen LogP contribution in [0.2, 0.25) is 0 Å². The molecule has 0 nitrogen and oxygen atoms in total. The molecule has 2 rings (SSSR count). The van der Waals surface area contributed by atoms with Crippen LogP contribution in [0.25, 0.3) is 0 Å². The fourth-order valence-corrected chi connectivity index (χ4v) is 2.84. The van der Waals surface area contributed by atoms with Crippen molar-refractivity contribution in [1.29, 1.82) is 0 Å². The third-order valence-electron chi connectivity index (χ3n) is 2.69. The predicted octanol–water partition coefficient (Wildman–Crippen LogP) is 6.01. The molecule has 0 fully saturated rings. The van der Waals surface area contributed by atoms with Gasteiger partial charge in [-0.1, -0.05) is 44.0 Å². The molecule has 0 aliphatic rings. The van der Waals surface area contributed by atoms with Gasteiger partial charge in [-0.15, -0.1) is 11.6 Å². The molecule has 0 radical (unpaired) electrons. The molecule has 5 heteroatoms. The first-order valence-corrected chi connectivity index (χ1v) is 7.52. The second-order valence-corrected chi connectivity index (χ2v) is 6.44. The van der Waals surface area contributed by atoms with Crippen molar-refractivity contribution in [2.75, 3.05) is 0 Å². The smallest absolute Gasteiger partial charge is 0.131 e. The molecule has 19 heavy (non-hydrogen) atoms. The number of rotatable bonds is 3. The van der Waals surface area contributed by atoms with Gasteiger partial charge in [0.15, 0.2) is 0 Å². The molecule has 0 saturated heterocycles. The van der Waals surface area contributed by atoms with Gasteiger partial charge in [-0.3, -0.25) is 0 Å². The third kappa shape index (κ3) is 3.77. The molecule has 0 aliphatic heterocycles. The van der Waals surface area contributed by atoms with E-state index in [0.29, 0.717) is 10.9 Å². The maximum atomic E-state index is 13.8. The van der Waals surface area contributed by atoms with E-state index in [4.69, 9.17) is 11.6 Å². The average molecular weight is 410 g/mol. The monoisotopic (exact) mass is 408 g/mol. The predicted molar refractivity (Wildman–Crippen MR) is 80.5 cm³/mol. The van der Waals surface area contributed by atoms with E-state index in [2.05, 4.69) is 31.9 Å². The Kier molecular flexibility index (Phi) is 4.98. The first-order valence-electron chi connectivity index (χ1n) is 5.50. The van der Waals surface area contributed by atoms with Crippen LogP contribution in [0.3, 0.4) is 0 Å². The van der Waals surface area contributed by atoms with Gasteiger partial charge in [0.05, 0.1) is 5.38 Å². The van der Waals surface area contributed by atoms with Crippen LogP contribution in [0.15, 0.2) is 45.3 Å². The molecule has 2 aromatic carbocycles. The fourth-order valence-electron chi connectivity index (χ4n) is 1.78. The molecule has 0 amide bonds. The zero-order valence-electron chi connectivity index (χ0n) is 9.64. The molecule has 2 aromatic rings. The van der Waals surface area contributed by atoms with Gasteiger partial charge in [0.25, 0.3) is 0 Å². The van der Waals surface area contributed by atoms with E-state index in [-0.39, 0.29) is 5.56 Å². The van der Waals surface area contributed by atoms with Gasteiger partial charge >= 0.3 is 0 Å². The van der Waals surface area contributed by atoms with Gasteiger partial charge in [-0.2, -0.15) is 0 Å². The highest BCUT2D eigenvalue weighted by atomic mass is 79.9. The van der Waals surface area contributed by atoms with Crippen LogP contribution in [-0.2, 0) is 6.42 Å². The lowest BCUT2D eigenvalue weighted by atomic mass is 10.0.